The van der Waals surface area contributed by atoms with Crippen LogP contribution in [0.25, 0.3) is 11.3 Å². The van der Waals surface area contributed by atoms with Gasteiger partial charge in [0.15, 0.2) is 5.76 Å². The minimum absolute atomic E-state index is 0.694. The van der Waals surface area contributed by atoms with E-state index in [4.69, 9.17) is 4.42 Å². The SMILES string of the molecule is CN(CCc1ccccn1)Cc1ncc(-c2ccccc2)o1. The minimum atomic E-state index is 0.694. The molecule has 0 aliphatic carbocycles. The Morgan fingerprint density at radius 2 is 1.82 bits per heavy atom. The lowest BCUT2D eigenvalue weighted by Gasteiger charge is -2.13. The van der Waals surface area contributed by atoms with Crippen LogP contribution in [0.1, 0.15) is 11.6 Å². The minimum Gasteiger partial charge on any atom is -0.439 e. The summed E-state index contributed by atoms with van der Waals surface area (Å²) in [5.41, 5.74) is 2.16. The number of hydrogen-bond donors (Lipinski definition) is 0. The molecule has 0 amide bonds. The average Bonchev–Trinajstić information content (AvgIpc) is 3.03. The summed E-state index contributed by atoms with van der Waals surface area (Å²) >= 11 is 0. The van der Waals surface area contributed by atoms with E-state index in [1.165, 1.54) is 0 Å². The molecule has 4 nitrogen and oxygen atoms in total. The van der Waals surface area contributed by atoms with Crippen molar-refractivity contribution in [2.75, 3.05) is 13.6 Å². The first-order chi connectivity index (χ1) is 10.8. The molecule has 0 aliphatic heterocycles. The molecule has 22 heavy (non-hydrogen) atoms. The highest BCUT2D eigenvalue weighted by Gasteiger charge is 2.08. The van der Waals surface area contributed by atoms with E-state index in [0.717, 1.165) is 35.9 Å². The summed E-state index contributed by atoms with van der Waals surface area (Å²) in [7, 11) is 2.06. The van der Waals surface area contributed by atoms with Gasteiger partial charge in [0, 0.05) is 30.4 Å². The molecule has 2 aromatic heterocycles. The zero-order valence-electron chi connectivity index (χ0n) is 12.6. The van der Waals surface area contributed by atoms with Crippen LogP contribution in [0.15, 0.2) is 65.3 Å². The predicted octanol–water partition coefficient (Wildman–Crippen LogP) is 3.41. The summed E-state index contributed by atoms with van der Waals surface area (Å²) in [5, 5.41) is 0. The van der Waals surface area contributed by atoms with Gasteiger partial charge in [-0.3, -0.25) is 9.88 Å². The number of oxazole rings is 1. The Balaban J connectivity index is 1.56. The van der Waals surface area contributed by atoms with Crippen LogP contribution in [-0.2, 0) is 13.0 Å². The van der Waals surface area contributed by atoms with Crippen molar-refractivity contribution in [3.63, 3.8) is 0 Å². The monoisotopic (exact) mass is 293 g/mol. The van der Waals surface area contributed by atoms with E-state index >= 15 is 0 Å². The molecule has 4 heteroatoms. The third kappa shape index (κ3) is 3.80. The van der Waals surface area contributed by atoms with Gasteiger partial charge in [0.05, 0.1) is 12.7 Å². The highest BCUT2D eigenvalue weighted by molar-refractivity contribution is 5.55. The second-order valence-electron chi connectivity index (χ2n) is 5.29. The molecule has 0 bridgehead atoms. The number of hydrogen-bond acceptors (Lipinski definition) is 4. The highest BCUT2D eigenvalue weighted by atomic mass is 16.4. The maximum absolute atomic E-state index is 5.82. The second-order valence-corrected chi connectivity index (χ2v) is 5.29. The third-order valence-electron chi connectivity index (χ3n) is 3.49. The van der Waals surface area contributed by atoms with Crippen molar-refractivity contribution in [2.45, 2.75) is 13.0 Å². The van der Waals surface area contributed by atoms with Crippen molar-refractivity contribution < 1.29 is 4.42 Å². The van der Waals surface area contributed by atoms with Crippen LogP contribution in [0.4, 0.5) is 0 Å². The van der Waals surface area contributed by atoms with E-state index in [0.29, 0.717) is 6.54 Å². The molecule has 0 saturated heterocycles. The van der Waals surface area contributed by atoms with Crippen LogP contribution in [-0.4, -0.2) is 28.5 Å². The molecule has 0 atom stereocenters. The molecule has 3 aromatic rings. The Hall–Kier alpha value is -2.46. The van der Waals surface area contributed by atoms with Crippen LogP contribution in [0.5, 0.6) is 0 Å². The van der Waals surface area contributed by atoms with E-state index < -0.39 is 0 Å². The van der Waals surface area contributed by atoms with Gasteiger partial charge in [-0.2, -0.15) is 0 Å². The summed E-state index contributed by atoms with van der Waals surface area (Å²) in [6.07, 6.45) is 4.54. The van der Waals surface area contributed by atoms with Crippen molar-refractivity contribution in [1.29, 1.82) is 0 Å². The zero-order chi connectivity index (χ0) is 15.2. The Morgan fingerprint density at radius 3 is 2.59 bits per heavy atom. The van der Waals surface area contributed by atoms with E-state index in [2.05, 4.69) is 21.9 Å². The standard InChI is InChI=1S/C18H19N3O/c1-21(12-10-16-9-5-6-11-19-16)14-18-20-13-17(22-18)15-7-3-2-4-8-15/h2-9,11,13H,10,12,14H2,1H3. The highest BCUT2D eigenvalue weighted by Crippen LogP contribution is 2.20. The van der Waals surface area contributed by atoms with E-state index in [9.17, 15) is 0 Å². The van der Waals surface area contributed by atoms with E-state index in [1.54, 1.807) is 6.20 Å². The van der Waals surface area contributed by atoms with Crippen molar-refractivity contribution in [3.05, 3.63) is 72.5 Å². The molecule has 0 N–H and O–H groups in total. The van der Waals surface area contributed by atoms with E-state index in [1.807, 2.05) is 54.7 Å². The van der Waals surface area contributed by atoms with E-state index in [-0.39, 0.29) is 0 Å². The van der Waals surface area contributed by atoms with Crippen molar-refractivity contribution >= 4 is 0 Å². The summed E-state index contributed by atoms with van der Waals surface area (Å²) in [5.74, 6) is 1.55. The molecule has 0 radical (unpaired) electrons. The number of nitrogens with zero attached hydrogens (tertiary/aromatic N) is 3. The molecule has 112 valence electrons. The second kappa shape index (κ2) is 7.00. The van der Waals surface area contributed by atoms with Crippen molar-refractivity contribution in [2.24, 2.45) is 0 Å². The largest absolute Gasteiger partial charge is 0.439 e. The maximum Gasteiger partial charge on any atom is 0.209 e. The van der Waals surface area contributed by atoms with Gasteiger partial charge in [0.25, 0.3) is 0 Å². The van der Waals surface area contributed by atoms with Crippen LogP contribution >= 0.6 is 0 Å². The first-order valence-electron chi connectivity index (χ1n) is 7.40. The molecular formula is C18H19N3O. The van der Waals surface area contributed by atoms with Gasteiger partial charge in [-0.15, -0.1) is 0 Å². The van der Waals surface area contributed by atoms with Gasteiger partial charge in [-0.05, 0) is 19.2 Å². The molecule has 0 saturated carbocycles. The summed E-state index contributed by atoms with van der Waals surface area (Å²) in [6, 6.07) is 16.0. The van der Waals surface area contributed by atoms with Gasteiger partial charge >= 0.3 is 0 Å². The van der Waals surface area contributed by atoms with Gasteiger partial charge in [0.2, 0.25) is 5.89 Å². The van der Waals surface area contributed by atoms with Crippen LogP contribution in [0.3, 0.4) is 0 Å². The number of rotatable bonds is 6. The first kappa shape index (κ1) is 14.5. The Labute approximate surface area is 130 Å². The summed E-state index contributed by atoms with van der Waals surface area (Å²) in [4.78, 5) is 10.9. The van der Waals surface area contributed by atoms with Crippen LogP contribution < -0.4 is 0 Å². The molecular weight excluding hydrogens is 274 g/mol. The average molecular weight is 293 g/mol. The molecule has 0 unspecified atom stereocenters. The number of aromatic nitrogens is 2. The molecule has 0 fully saturated rings. The van der Waals surface area contributed by atoms with Crippen LogP contribution in [0, 0.1) is 0 Å². The Morgan fingerprint density at radius 1 is 1.00 bits per heavy atom. The smallest absolute Gasteiger partial charge is 0.209 e. The predicted molar refractivity (Wildman–Crippen MR) is 86.2 cm³/mol. The zero-order valence-corrected chi connectivity index (χ0v) is 12.6. The Bertz CT molecular complexity index is 695. The fourth-order valence-corrected chi connectivity index (χ4v) is 2.28. The topological polar surface area (TPSA) is 42.2 Å². The van der Waals surface area contributed by atoms with Gasteiger partial charge in [-0.25, -0.2) is 4.98 Å². The first-order valence-corrected chi connectivity index (χ1v) is 7.40. The molecule has 2 heterocycles. The van der Waals surface area contributed by atoms with Crippen molar-refractivity contribution in [3.8, 4) is 11.3 Å². The fraction of sp³-hybridized carbons (Fsp3) is 0.222. The lowest BCUT2D eigenvalue weighted by molar-refractivity contribution is 0.292. The summed E-state index contributed by atoms with van der Waals surface area (Å²) < 4.78 is 5.82. The normalized spacial score (nSPS) is 11.0. The molecule has 3 rings (SSSR count). The maximum atomic E-state index is 5.82. The van der Waals surface area contributed by atoms with Gasteiger partial charge < -0.3 is 4.42 Å². The lowest BCUT2D eigenvalue weighted by atomic mass is 10.2. The van der Waals surface area contributed by atoms with Gasteiger partial charge in [0.1, 0.15) is 0 Å². The Kier molecular flexibility index (Phi) is 4.61. The molecule has 1 aromatic carbocycles. The number of likely N-dealkylation sites (N-methyl/N-ethyl adjacent to an activating group) is 1. The number of benzene rings is 1. The van der Waals surface area contributed by atoms with Crippen LogP contribution in [0.2, 0.25) is 0 Å². The summed E-state index contributed by atoms with van der Waals surface area (Å²) in [6.45, 7) is 1.61. The molecule has 0 aliphatic rings. The number of pyridine rings is 1. The van der Waals surface area contributed by atoms with Gasteiger partial charge in [-0.1, -0.05) is 36.4 Å². The molecule has 0 spiro atoms. The lowest BCUT2D eigenvalue weighted by Crippen LogP contribution is -2.21. The quantitative estimate of drug-likeness (QED) is 0.698. The third-order valence-corrected chi connectivity index (χ3v) is 3.49. The van der Waals surface area contributed by atoms with Crippen molar-refractivity contribution in [1.82, 2.24) is 14.9 Å². The fourth-order valence-electron chi connectivity index (χ4n) is 2.28.